The van der Waals surface area contributed by atoms with Crippen LogP contribution in [0.25, 0.3) is 11.2 Å². The minimum atomic E-state index is -0.483. The van der Waals surface area contributed by atoms with Gasteiger partial charge in [0.1, 0.15) is 12.4 Å². The summed E-state index contributed by atoms with van der Waals surface area (Å²) < 4.78 is 8.25. The van der Waals surface area contributed by atoms with Gasteiger partial charge in [0.2, 0.25) is 0 Å². The van der Waals surface area contributed by atoms with E-state index in [2.05, 4.69) is 9.97 Å². The van der Waals surface area contributed by atoms with Crippen molar-refractivity contribution in [1.82, 2.24) is 19.1 Å². The first-order valence-corrected chi connectivity index (χ1v) is 8.05. The summed E-state index contributed by atoms with van der Waals surface area (Å²) in [5.74, 6) is -0.0452. The van der Waals surface area contributed by atoms with Gasteiger partial charge in [-0.3, -0.25) is 14.3 Å². The van der Waals surface area contributed by atoms with Crippen molar-refractivity contribution in [2.45, 2.75) is 53.3 Å². The monoisotopic (exact) mass is 334 g/mol. The fourth-order valence-corrected chi connectivity index (χ4v) is 2.51. The first-order chi connectivity index (χ1) is 11.5. The summed E-state index contributed by atoms with van der Waals surface area (Å²) in [6.45, 7) is 6.48. The van der Waals surface area contributed by atoms with Crippen LogP contribution in [0.2, 0.25) is 0 Å². The third-order valence-corrected chi connectivity index (χ3v) is 3.66. The summed E-state index contributed by atoms with van der Waals surface area (Å²) in [5.41, 5.74) is -0.302. The zero-order valence-electron chi connectivity index (χ0n) is 14.2. The van der Waals surface area contributed by atoms with Crippen molar-refractivity contribution < 1.29 is 9.53 Å². The lowest BCUT2D eigenvalue weighted by atomic mass is 10.3. The lowest BCUT2D eigenvalue weighted by molar-refractivity contribution is -0.139. The van der Waals surface area contributed by atoms with Crippen molar-refractivity contribution in [3.05, 3.63) is 38.8 Å². The molecule has 2 rings (SSSR count). The number of esters is 1. The molecule has 0 aliphatic rings. The number of ether oxygens (including phenoxy) is 1. The molecule has 0 unspecified atom stereocenters. The number of H-pyrrole nitrogens is 1. The maximum atomic E-state index is 12.2. The molecule has 0 radical (unpaired) electrons. The molecule has 0 aliphatic carbocycles. The van der Waals surface area contributed by atoms with E-state index in [4.69, 9.17) is 4.74 Å². The first kappa shape index (κ1) is 17.7. The van der Waals surface area contributed by atoms with Crippen LogP contribution >= 0.6 is 0 Å². The van der Waals surface area contributed by atoms with Crippen LogP contribution in [0.5, 0.6) is 0 Å². The van der Waals surface area contributed by atoms with Crippen LogP contribution in [-0.4, -0.2) is 25.1 Å². The van der Waals surface area contributed by atoms with Crippen molar-refractivity contribution in [3.8, 4) is 0 Å². The normalized spacial score (nSPS) is 11.5. The van der Waals surface area contributed by atoms with Gasteiger partial charge in [-0.15, -0.1) is 0 Å². The molecule has 0 atom stereocenters. The average molecular weight is 334 g/mol. The summed E-state index contributed by atoms with van der Waals surface area (Å²) in [7, 11) is 0. The number of aromatic amines is 1. The highest BCUT2D eigenvalue weighted by Gasteiger charge is 2.18. The van der Waals surface area contributed by atoms with E-state index < -0.39 is 17.2 Å². The molecule has 8 nitrogen and oxygen atoms in total. The molecule has 0 aromatic carbocycles. The van der Waals surface area contributed by atoms with Gasteiger partial charge in [0.15, 0.2) is 11.2 Å². The van der Waals surface area contributed by atoms with Crippen LogP contribution in [0.3, 0.4) is 0 Å². The van der Waals surface area contributed by atoms with Crippen molar-refractivity contribution in [1.29, 1.82) is 0 Å². The Balaban J connectivity index is 2.53. The first-order valence-electron chi connectivity index (χ1n) is 8.05. The van der Waals surface area contributed by atoms with Crippen molar-refractivity contribution >= 4 is 17.1 Å². The highest BCUT2D eigenvalue weighted by Crippen LogP contribution is 2.13. The Morgan fingerprint density at radius 2 is 2.04 bits per heavy atom. The summed E-state index contributed by atoms with van der Waals surface area (Å²) in [6.07, 6.45) is 4.60. The van der Waals surface area contributed by atoms with E-state index >= 15 is 0 Å². The van der Waals surface area contributed by atoms with Gasteiger partial charge in [-0.05, 0) is 20.3 Å². The van der Waals surface area contributed by atoms with Crippen molar-refractivity contribution in [2.75, 3.05) is 0 Å². The molecule has 2 aromatic rings. The Hall–Kier alpha value is -2.64. The lowest BCUT2D eigenvalue weighted by Gasteiger charge is -2.06. The number of nitrogens with one attached hydrogen (secondary N) is 1. The zero-order valence-corrected chi connectivity index (χ0v) is 14.2. The molecule has 130 valence electrons. The Kier molecular flexibility index (Phi) is 5.73. The number of hydrogen-bond donors (Lipinski definition) is 1. The SMILES string of the molecule is C/C=C/C(=O)OCc1nc2c(c(=O)[nH]c(=O)n2CCCC)n1CC. The number of nitrogens with zero attached hydrogens (tertiary/aromatic N) is 3. The largest absolute Gasteiger partial charge is 0.454 e. The van der Waals surface area contributed by atoms with Crippen LogP contribution in [-0.2, 0) is 29.2 Å². The molecule has 0 aliphatic heterocycles. The minimum absolute atomic E-state index is 0.0624. The van der Waals surface area contributed by atoms with E-state index in [1.165, 1.54) is 10.6 Å². The molecule has 2 aromatic heterocycles. The van der Waals surface area contributed by atoms with Crippen molar-refractivity contribution in [2.24, 2.45) is 0 Å². The molecule has 0 spiro atoms. The van der Waals surface area contributed by atoms with Gasteiger partial charge in [-0.25, -0.2) is 14.6 Å². The molecular weight excluding hydrogens is 312 g/mol. The quantitative estimate of drug-likeness (QED) is 0.608. The van der Waals surface area contributed by atoms with Crippen LogP contribution in [0.4, 0.5) is 0 Å². The minimum Gasteiger partial charge on any atom is -0.454 e. The zero-order chi connectivity index (χ0) is 17.7. The van der Waals surface area contributed by atoms with E-state index in [0.717, 1.165) is 12.8 Å². The van der Waals surface area contributed by atoms with E-state index in [9.17, 15) is 14.4 Å². The number of carbonyl (C=O) groups excluding carboxylic acids is 1. The lowest BCUT2D eigenvalue weighted by Crippen LogP contribution is -2.31. The number of rotatable bonds is 7. The van der Waals surface area contributed by atoms with Gasteiger partial charge < -0.3 is 9.30 Å². The number of fused-ring (bicyclic) bond motifs is 1. The standard InChI is InChI=1S/C16H22N4O4/c1-4-7-9-20-14-13(15(22)18-16(20)23)19(6-3)11(17-14)10-24-12(21)8-5-2/h5,8H,4,6-7,9-10H2,1-3H3,(H,18,22,23)/b8-5+. The van der Waals surface area contributed by atoms with Crippen LogP contribution in [0, 0.1) is 0 Å². The second kappa shape index (κ2) is 7.76. The summed E-state index contributed by atoms with van der Waals surface area (Å²) >= 11 is 0. The summed E-state index contributed by atoms with van der Waals surface area (Å²) in [5, 5.41) is 0. The van der Waals surface area contributed by atoms with Gasteiger partial charge >= 0.3 is 11.7 Å². The second-order valence-electron chi connectivity index (χ2n) is 5.32. The predicted molar refractivity (Wildman–Crippen MR) is 89.8 cm³/mol. The number of carbonyl (C=O) groups is 1. The highest BCUT2D eigenvalue weighted by molar-refractivity contribution is 5.81. The number of aromatic nitrogens is 4. The van der Waals surface area contributed by atoms with Crippen LogP contribution in [0.1, 0.15) is 39.4 Å². The van der Waals surface area contributed by atoms with E-state index in [1.807, 2.05) is 13.8 Å². The number of hydrogen-bond acceptors (Lipinski definition) is 5. The number of allylic oxidation sites excluding steroid dienone is 1. The molecule has 0 amide bonds. The van der Waals surface area contributed by atoms with E-state index in [1.54, 1.807) is 17.6 Å². The number of aryl methyl sites for hydroxylation is 2. The van der Waals surface area contributed by atoms with Gasteiger partial charge in [0.05, 0.1) is 0 Å². The van der Waals surface area contributed by atoms with Crippen molar-refractivity contribution in [3.63, 3.8) is 0 Å². The van der Waals surface area contributed by atoms with Crippen LogP contribution < -0.4 is 11.2 Å². The summed E-state index contributed by atoms with van der Waals surface area (Å²) in [6, 6.07) is 0. The third kappa shape index (κ3) is 3.47. The van der Waals surface area contributed by atoms with E-state index in [0.29, 0.717) is 30.1 Å². The van der Waals surface area contributed by atoms with E-state index in [-0.39, 0.29) is 6.61 Å². The molecule has 1 N–H and O–H groups in total. The molecule has 2 heterocycles. The Morgan fingerprint density at radius 1 is 1.29 bits per heavy atom. The maximum absolute atomic E-state index is 12.2. The highest BCUT2D eigenvalue weighted by atomic mass is 16.5. The molecule has 24 heavy (non-hydrogen) atoms. The Labute approximate surface area is 138 Å². The fraction of sp³-hybridized carbons (Fsp3) is 0.500. The van der Waals surface area contributed by atoms with Gasteiger partial charge in [0.25, 0.3) is 5.56 Å². The molecule has 8 heteroatoms. The second-order valence-corrected chi connectivity index (χ2v) is 5.32. The Bertz CT molecular complexity index is 873. The Morgan fingerprint density at radius 3 is 2.67 bits per heavy atom. The fourth-order valence-electron chi connectivity index (χ4n) is 2.51. The molecule has 0 fully saturated rings. The number of imidazole rings is 1. The molecule has 0 saturated heterocycles. The molecule has 0 bridgehead atoms. The van der Waals surface area contributed by atoms with Gasteiger partial charge in [0, 0.05) is 19.2 Å². The molecular formula is C16H22N4O4. The smallest absolute Gasteiger partial charge is 0.330 e. The number of unbranched alkanes of at least 4 members (excludes halogenated alkanes) is 1. The molecule has 0 saturated carbocycles. The predicted octanol–water partition coefficient (Wildman–Crippen LogP) is 1.33. The van der Waals surface area contributed by atoms with Crippen LogP contribution in [0.15, 0.2) is 21.7 Å². The average Bonchev–Trinajstić information content (AvgIpc) is 2.92. The topological polar surface area (TPSA) is 99.0 Å². The van der Waals surface area contributed by atoms with Gasteiger partial charge in [-0.1, -0.05) is 19.4 Å². The summed E-state index contributed by atoms with van der Waals surface area (Å²) in [4.78, 5) is 42.5. The van der Waals surface area contributed by atoms with Gasteiger partial charge in [-0.2, -0.15) is 0 Å². The maximum Gasteiger partial charge on any atom is 0.330 e. The third-order valence-electron chi connectivity index (χ3n) is 3.66.